The van der Waals surface area contributed by atoms with Gasteiger partial charge in [-0.1, -0.05) is 29.8 Å². The molecule has 0 aromatic heterocycles. The third-order valence-corrected chi connectivity index (χ3v) is 7.10. The van der Waals surface area contributed by atoms with Gasteiger partial charge < -0.3 is 4.90 Å². The molecule has 162 valence electrons. The lowest BCUT2D eigenvalue weighted by Crippen LogP contribution is -2.32. The van der Waals surface area contributed by atoms with E-state index in [0.29, 0.717) is 12.2 Å². The van der Waals surface area contributed by atoms with Crippen LogP contribution in [0.2, 0.25) is 5.02 Å². The van der Waals surface area contributed by atoms with E-state index >= 15 is 0 Å². The van der Waals surface area contributed by atoms with E-state index < -0.39 is 21.7 Å². The smallest absolute Gasteiger partial charge is 0.264 e. The molecule has 0 N–H and O–H groups in total. The van der Waals surface area contributed by atoms with Gasteiger partial charge in [0.25, 0.3) is 15.9 Å². The highest BCUT2D eigenvalue weighted by Crippen LogP contribution is 2.29. The summed E-state index contributed by atoms with van der Waals surface area (Å²) in [4.78, 5) is 14.8. The Balaban J connectivity index is 2.02. The molecule has 0 bridgehead atoms. The average molecular weight is 461 g/mol. The topological polar surface area (TPSA) is 57.7 Å². The number of hydrogen-bond donors (Lipinski definition) is 0. The number of sulfonamides is 1. The van der Waals surface area contributed by atoms with Crippen LogP contribution in [-0.4, -0.2) is 27.9 Å². The number of carbonyl (C=O) groups is 1. The van der Waals surface area contributed by atoms with Crippen LogP contribution in [0.15, 0.2) is 71.6 Å². The highest BCUT2D eigenvalue weighted by atomic mass is 35.5. The summed E-state index contributed by atoms with van der Waals surface area (Å²) < 4.78 is 40.5. The number of nitrogens with zero attached hydrogens (tertiary/aromatic N) is 2. The van der Waals surface area contributed by atoms with Crippen LogP contribution in [0.1, 0.15) is 22.8 Å². The van der Waals surface area contributed by atoms with Crippen LogP contribution in [0.5, 0.6) is 0 Å². The minimum Gasteiger partial charge on any atom is -0.308 e. The summed E-state index contributed by atoms with van der Waals surface area (Å²) in [6.07, 6.45) is 0. The lowest BCUT2D eigenvalue weighted by molar-refractivity contribution is 0.0988. The first-order valence-electron chi connectivity index (χ1n) is 9.58. The van der Waals surface area contributed by atoms with Gasteiger partial charge in [-0.3, -0.25) is 9.10 Å². The molecule has 0 saturated carbocycles. The van der Waals surface area contributed by atoms with E-state index in [1.807, 2.05) is 38.1 Å². The maximum atomic E-state index is 13.3. The van der Waals surface area contributed by atoms with Gasteiger partial charge >= 0.3 is 0 Å². The van der Waals surface area contributed by atoms with Gasteiger partial charge in [0.05, 0.1) is 21.2 Å². The summed E-state index contributed by atoms with van der Waals surface area (Å²) in [6.45, 7) is 4.11. The zero-order valence-corrected chi connectivity index (χ0v) is 18.9. The van der Waals surface area contributed by atoms with Gasteiger partial charge in [-0.25, -0.2) is 12.8 Å². The number of halogens is 2. The van der Waals surface area contributed by atoms with Gasteiger partial charge in [0, 0.05) is 19.3 Å². The van der Waals surface area contributed by atoms with Crippen LogP contribution in [0, 0.1) is 12.7 Å². The maximum absolute atomic E-state index is 13.3. The van der Waals surface area contributed by atoms with Gasteiger partial charge in [-0.05, 0) is 67.9 Å². The fourth-order valence-electron chi connectivity index (χ4n) is 3.21. The summed E-state index contributed by atoms with van der Waals surface area (Å²) in [5.74, 6) is -0.868. The average Bonchev–Trinajstić information content (AvgIpc) is 2.75. The summed E-state index contributed by atoms with van der Waals surface area (Å²) in [7, 11) is -2.64. The van der Waals surface area contributed by atoms with Crippen molar-refractivity contribution in [1.29, 1.82) is 0 Å². The van der Waals surface area contributed by atoms with Gasteiger partial charge in [-0.2, -0.15) is 0 Å². The molecule has 3 rings (SSSR count). The Kier molecular flexibility index (Phi) is 6.67. The van der Waals surface area contributed by atoms with Crippen LogP contribution >= 0.6 is 11.6 Å². The zero-order chi connectivity index (χ0) is 22.8. The molecule has 3 aromatic rings. The third kappa shape index (κ3) is 4.57. The lowest BCUT2D eigenvalue weighted by Gasteiger charge is -2.24. The number of hydrogen-bond acceptors (Lipinski definition) is 3. The fraction of sp³-hybridized carbons (Fsp3) is 0.174. The van der Waals surface area contributed by atoms with Crippen molar-refractivity contribution in [2.45, 2.75) is 18.7 Å². The molecule has 0 unspecified atom stereocenters. The molecule has 1 amide bonds. The maximum Gasteiger partial charge on any atom is 0.264 e. The van der Waals surface area contributed by atoms with E-state index in [9.17, 15) is 17.6 Å². The van der Waals surface area contributed by atoms with Crippen LogP contribution in [-0.2, 0) is 10.0 Å². The predicted molar refractivity (Wildman–Crippen MR) is 122 cm³/mol. The number of para-hydroxylation sites is 1. The molecule has 0 heterocycles. The van der Waals surface area contributed by atoms with Crippen molar-refractivity contribution in [3.05, 3.63) is 88.7 Å². The number of rotatable bonds is 6. The molecule has 3 aromatic carbocycles. The van der Waals surface area contributed by atoms with Crippen molar-refractivity contribution in [1.82, 2.24) is 0 Å². The molecule has 0 fully saturated rings. The molecule has 31 heavy (non-hydrogen) atoms. The minimum atomic E-state index is -4.00. The molecule has 0 aliphatic carbocycles. The SMILES string of the molecule is CCN(C(=O)c1cc(S(=O)(=O)N(C)c2ccc(F)cc2)ccc1Cl)c1ccccc1C. The van der Waals surface area contributed by atoms with E-state index in [1.54, 1.807) is 4.90 Å². The first-order chi connectivity index (χ1) is 14.7. The normalized spacial score (nSPS) is 11.3. The minimum absolute atomic E-state index is 0.0837. The van der Waals surface area contributed by atoms with Crippen molar-refractivity contribution in [3.8, 4) is 0 Å². The summed E-state index contributed by atoms with van der Waals surface area (Å²) in [6, 6.07) is 16.5. The van der Waals surface area contributed by atoms with Crippen molar-refractivity contribution < 1.29 is 17.6 Å². The highest BCUT2D eigenvalue weighted by molar-refractivity contribution is 7.92. The molecular formula is C23H22ClFN2O3S. The Labute approximate surface area is 186 Å². The summed E-state index contributed by atoms with van der Waals surface area (Å²) in [5.41, 5.74) is 2.01. The second kappa shape index (κ2) is 9.08. The molecule has 0 aliphatic rings. The molecule has 0 aliphatic heterocycles. The number of carbonyl (C=O) groups excluding carboxylic acids is 1. The van der Waals surface area contributed by atoms with Crippen molar-refractivity contribution >= 4 is 38.9 Å². The lowest BCUT2D eigenvalue weighted by atomic mass is 10.1. The van der Waals surface area contributed by atoms with E-state index in [2.05, 4.69) is 0 Å². The summed E-state index contributed by atoms with van der Waals surface area (Å²) in [5, 5.41) is 0.153. The molecule has 0 atom stereocenters. The van der Waals surface area contributed by atoms with Crippen molar-refractivity contribution in [3.63, 3.8) is 0 Å². The third-order valence-electron chi connectivity index (χ3n) is 4.98. The van der Waals surface area contributed by atoms with E-state index in [-0.39, 0.29) is 15.5 Å². The Bertz CT molecular complexity index is 1210. The van der Waals surface area contributed by atoms with E-state index in [1.165, 1.54) is 49.5 Å². The molecular weight excluding hydrogens is 439 g/mol. The van der Waals surface area contributed by atoms with Gasteiger partial charge in [0.2, 0.25) is 0 Å². The van der Waals surface area contributed by atoms with Crippen molar-refractivity contribution in [2.75, 3.05) is 22.8 Å². The van der Waals surface area contributed by atoms with Gasteiger partial charge in [0.1, 0.15) is 5.82 Å². The Morgan fingerprint density at radius 2 is 1.68 bits per heavy atom. The van der Waals surface area contributed by atoms with Crippen LogP contribution in [0.3, 0.4) is 0 Å². The standard InChI is InChI=1S/C23H22ClFN2O3S/c1-4-27(22-8-6-5-7-16(22)2)23(28)20-15-19(13-14-21(20)24)31(29,30)26(3)18-11-9-17(25)10-12-18/h5-15H,4H2,1-3H3. The first kappa shape index (κ1) is 22.8. The van der Waals surface area contributed by atoms with Crippen LogP contribution in [0.4, 0.5) is 15.8 Å². The van der Waals surface area contributed by atoms with E-state index in [0.717, 1.165) is 15.6 Å². The number of aryl methyl sites for hydroxylation is 1. The molecule has 0 saturated heterocycles. The van der Waals surface area contributed by atoms with Crippen LogP contribution < -0.4 is 9.21 Å². The molecule has 0 radical (unpaired) electrons. The quantitative estimate of drug-likeness (QED) is 0.503. The second-order valence-corrected chi connectivity index (χ2v) is 9.30. The largest absolute Gasteiger partial charge is 0.308 e. The van der Waals surface area contributed by atoms with Crippen molar-refractivity contribution in [2.24, 2.45) is 0 Å². The second-order valence-electron chi connectivity index (χ2n) is 6.93. The fourth-order valence-corrected chi connectivity index (χ4v) is 4.63. The number of anilines is 2. The molecule has 5 nitrogen and oxygen atoms in total. The molecule has 0 spiro atoms. The number of amides is 1. The van der Waals surface area contributed by atoms with Gasteiger partial charge in [0.15, 0.2) is 0 Å². The first-order valence-corrected chi connectivity index (χ1v) is 11.4. The predicted octanol–water partition coefficient (Wildman–Crippen LogP) is 5.28. The van der Waals surface area contributed by atoms with Crippen LogP contribution in [0.25, 0.3) is 0 Å². The molecule has 8 heteroatoms. The van der Waals surface area contributed by atoms with E-state index in [4.69, 9.17) is 11.6 Å². The Morgan fingerprint density at radius 3 is 2.29 bits per heavy atom. The zero-order valence-electron chi connectivity index (χ0n) is 17.3. The Hall–Kier alpha value is -2.90. The Morgan fingerprint density at radius 1 is 1.03 bits per heavy atom. The summed E-state index contributed by atoms with van der Waals surface area (Å²) >= 11 is 6.29. The monoisotopic (exact) mass is 460 g/mol. The highest BCUT2D eigenvalue weighted by Gasteiger charge is 2.26. The van der Waals surface area contributed by atoms with Gasteiger partial charge in [-0.15, -0.1) is 0 Å². The number of benzene rings is 3.